The molecule has 0 saturated carbocycles. The van der Waals surface area contributed by atoms with Crippen LogP contribution in [0.3, 0.4) is 0 Å². The maximum atomic E-state index is 11.6. The van der Waals surface area contributed by atoms with Crippen LogP contribution in [0.25, 0.3) is 0 Å². The zero-order valence-electron chi connectivity index (χ0n) is 10.5. The van der Waals surface area contributed by atoms with Crippen LogP contribution >= 0.6 is 0 Å². The zero-order valence-corrected chi connectivity index (χ0v) is 10.5. The van der Waals surface area contributed by atoms with Gasteiger partial charge in [0.2, 0.25) is 0 Å². The molecular formula is C14H15NO4. The second-order valence-electron chi connectivity index (χ2n) is 3.95. The molecule has 2 aromatic rings. The Bertz CT molecular complexity index is 536. The number of para-hydroxylation sites is 1. The van der Waals surface area contributed by atoms with Crippen molar-refractivity contribution < 1.29 is 19.1 Å². The van der Waals surface area contributed by atoms with E-state index in [1.54, 1.807) is 30.3 Å². The third-order valence-corrected chi connectivity index (χ3v) is 2.70. The zero-order chi connectivity index (χ0) is 13.7. The Morgan fingerprint density at radius 3 is 2.84 bits per heavy atom. The highest BCUT2D eigenvalue weighted by atomic mass is 16.5. The van der Waals surface area contributed by atoms with E-state index >= 15 is 0 Å². The van der Waals surface area contributed by atoms with Crippen LogP contribution in [0.1, 0.15) is 22.2 Å². The first kappa shape index (κ1) is 13.2. The monoisotopic (exact) mass is 261 g/mol. The van der Waals surface area contributed by atoms with Crippen LogP contribution in [0.5, 0.6) is 5.75 Å². The molecule has 0 aliphatic rings. The Morgan fingerprint density at radius 2 is 2.16 bits per heavy atom. The van der Waals surface area contributed by atoms with E-state index < -0.39 is 6.10 Å². The highest BCUT2D eigenvalue weighted by Crippen LogP contribution is 2.24. The van der Waals surface area contributed by atoms with Crippen molar-refractivity contribution in [2.75, 3.05) is 13.7 Å². The predicted octanol–water partition coefficient (Wildman–Crippen LogP) is 1.75. The van der Waals surface area contributed by atoms with Crippen LogP contribution in [0, 0.1) is 0 Å². The lowest BCUT2D eigenvalue weighted by Crippen LogP contribution is -2.28. The largest absolute Gasteiger partial charge is 0.496 e. The molecule has 1 unspecified atom stereocenters. The summed E-state index contributed by atoms with van der Waals surface area (Å²) >= 11 is 0. The molecule has 0 radical (unpaired) electrons. The second kappa shape index (κ2) is 6.06. The van der Waals surface area contributed by atoms with E-state index in [1.807, 2.05) is 6.07 Å². The average Bonchev–Trinajstić information content (AvgIpc) is 2.98. The van der Waals surface area contributed by atoms with Gasteiger partial charge in [-0.1, -0.05) is 18.2 Å². The smallest absolute Gasteiger partial charge is 0.287 e. The molecule has 0 spiro atoms. The van der Waals surface area contributed by atoms with Crippen molar-refractivity contribution in [2.45, 2.75) is 6.10 Å². The highest BCUT2D eigenvalue weighted by molar-refractivity contribution is 5.91. The Kier molecular flexibility index (Phi) is 4.20. The lowest BCUT2D eigenvalue weighted by Gasteiger charge is -2.14. The Morgan fingerprint density at radius 1 is 1.37 bits per heavy atom. The van der Waals surface area contributed by atoms with Crippen molar-refractivity contribution in [3.8, 4) is 5.75 Å². The summed E-state index contributed by atoms with van der Waals surface area (Å²) in [5.41, 5.74) is 0.629. The number of amides is 1. The minimum absolute atomic E-state index is 0.0832. The maximum Gasteiger partial charge on any atom is 0.287 e. The van der Waals surface area contributed by atoms with Crippen LogP contribution in [0.2, 0.25) is 0 Å². The molecule has 2 N–H and O–H groups in total. The summed E-state index contributed by atoms with van der Waals surface area (Å²) in [5.74, 6) is 0.438. The lowest BCUT2D eigenvalue weighted by molar-refractivity contribution is 0.0887. The molecule has 1 aromatic carbocycles. The van der Waals surface area contributed by atoms with Crippen molar-refractivity contribution in [2.24, 2.45) is 0 Å². The Labute approximate surface area is 110 Å². The number of aliphatic hydroxyl groups is 1. The topological polar surface area (TPSA) is 71.7 Å². The maximum absolute atomic E-state index is 11.6. The molecule has 1 heterocycles. The number of rotatable bonds is 5. The van der Waals surface area contributed by atoms with Gasteiger partial charge in [0.1, 0.15) is 5.75 Å². The van der Waals surface area contributed by atoms with Gasteiger partial charge in [-0.25, -0.2) is 0 Å². The van der Waals surface area contributed by atoms with E-state index in [9.17, 15) is 9.90 Å². The molecule has 2 rings (SSSR count). The number of hydrogen-bond acceptors (Lipinski definition) is 4. The highest BCUT2D eigenvalue weighted by Gasteiger charge is 2.15. The fourth-order valence-electron chi connectivity index (χ4n) is 1.74. The second-order valence-corrected chi connectivity index (χ2v) is 3.95. The van der Waals surface area contributed by atoms with Gasteiger partial charge in [-0.05, 0) is 18.2 Å². The fourth-order valence-corrected chi connectivity index (χ4v) is 1.74. The normalized spacial score (nSPS) is 11.9. The van der Waals surface area contributed by atoms with Crippen LogP contribution in [-0.2, 0) is 0 Å². The molecule has 1 amide bonds. The van der Waals surface area contributed by atoms with Gasteiger partial charge in [0.25, 0.3) is 5.91 Å². The first-order valence-corrected chi connectivity index (χ1v) is 5.85. The van der Waals surface area contributed by atoms with Gasteiger partial charge in [0.05, 0.1) is 19.5 Å². The van der Waals surface area contributed by atoms with Gasteiger partial charge >= 0.3 is 0 Å². The number of nitrogens with one attached hydrogen (secondary N) is 1. The predicted molar refractivity (Wildman–Crippen MR) is 69.0 cm³/mol. The third-order valence-electron chi connectivity index (χ3n) is 2.70. The standard InChI is InChI=1S/C14H15NO4/c1-18-12-6-3-2-5-10(12)11(16)9-15-14(17)13-7-4-8-19-13/h2-8,11,16H,9H2,1H3,(H,15,17). The van der Waals surface area contributed by atoms with E-state index in [-0.39, 0.29) is 18.2 Å². The number of carbonyl (C=O) groups is 1. The molecule has 0 fully saturated rings. The van der Waals surface area contributed by atoms with Crippen molar-refractivity contribution in [1.29, 1.82) is 0 Å². The first-order chi connectivity index (χ1) is 9.22. The molecule has 5 heteroatoms. The number of aliphatic hydroxyl groups excluding tert-OH is 1. The summed E-state index contributed by atoms with van der Waals surface area (Å²) < 4.78 is 10.1. The summed E-state index contributed by atoms with van der Waals surface area (Å²) in [6.07, 6.45) is 0.584. The van der Waals surface area contributed by atoms with Crippen molar-refractivity contribution >= 4 is 5.91 Å². The summed E-state index contributed by atoms with van der Waals surface area (Å²) in [5, 5.41) is 12.6. The lowest BCUT2D eigenvalue weighted by atomic mass is 10.1. The summed E-state index contributed by atoms with van der Waals surface area (Å²) in [4.78, 5) is 11.6. The number of furan rings is 1. The molecule has 1 atom stereocenters. The van der Waals surface area contributed by atoms with Crippen LogP contribution in [0.4, 0.5) is 0 Å². The van der Waals surface area contributed by atoms with Crippen molar-refractivity contribution in [1.82, 2.24) is 5.32 Å². The Hall–Kier alpha value is -2.27. The van der Waals surface area contributed by atoms with Crippen molar-refractivity contribution in [3.05, 3.63) is 54.0 Å². The fraction of sp³-hybridized carbons (Fsp3) is 0.214. The molecule has 0 saturated heterocycles. The molecule has 0 aliphatic heterocycles. The van der Waals surface area contributed by atoms with Crippen LogP contribution < -0.4 is 10.1 Å². The molecule has 19 heavy (non-hydrogen) atoms. The van der Waals surface area contributed by atoms with Gasteiger partial charge in [0, 0.05) is 12.1 Å². The number of methoxy groups -OCH3 is 1. The quantitative estimate of drug-likeness (QED) is 0.860. The van der Waals surface area contributed by atoms with Crippen molar-refractivity contribution in [3.63, 3.8) is 0 Å². The van der Waals surface area contributed by atoms with Crippen LogP contribution in [-0.4, -0.2) is 24.7 Å². The van der Waals surface area contributed by atoms with E-state index in [1.165, 1.54) is 13.4 Å². The Balaban J connectivity index is 1.98. The van der Waals surface area contributed by atoms with Gasteiger partial charge in [-0.15, -0.1) is 0 Å². The average molecular weight is 261 g/mol. The van der Waals surface area contributed by atoms with Gasteiger partial charge < -0.3 is 19.6 Å². The van der Waals surface area contributed by atoms with Gasteiger partial charge in [-0.2, -0.15) is 0 Å². The summed E-state index contributed by atoms with van der Waals surface area (Å²) in [6.45, 7) is 0.0832. The molecular weight excluding hydrogens is 246 g/mol. The molecule has 0 aliphatic carbocycles. The molecule has 100 valence electrons. The van der Waals surface area contributed by atoms with Crippen LogP contribution in [0.15, 0.2) is 47.1 Å². The molecule has 5 nitrogen and oxygen atoms in total. The SMILES string of the molecule is COc1ccccc1C(O)CNC(=O)c1ccco1. The molecule has 1 aromatic heterocycles. The van der Waals surface area contributed by atoms with E-state index in [2.05, 4.69) is 5.32 Å². The van der Waals surface area contributed by atoms with E-state index in [0.717, 1.165) is 0 Å². The minimum Gasteiger partial charge on any atom is -0.496 e. The first-order valence-electron chi connectivity index (χ1n) is 5.85. The summed E-state index contributed by atoms with van der Waals surface area (Å²) in [7, 11) is 1.53. The number of carbonyl (C=O) groups excluding carboxylic acids is 1. The third kappa shape index (κ3) is 3.14. The van der Waals surface area contributed by atoms with E-state index in [0.29, 0.717) is 11.3 Å². The minimum atomic E-state index is -0.838. The van der Waals surface area contributed by atoms with E-state index in [4.69, 9.17) is 9.15 Å². The number of ether oxygens (including phenoxy) is 1. The summed E-state index contributed by atoms with van der Waals surface area (Å²) in [6, 6.07) is 10.3. The number of benzene rings is 1. The molecule has 0 bridgehead atoms. The van der Waals surface area contributed by atoms with Gasteiger partial charge in [-0.3, -0.25) is 4.79 Å². The number of hydrogen-bond donors (Lipinski definition) is 2. The van der Waals surface area contributed by atoms with Gasteiger partial charge in [0.15, 0.2) is 5.76 Å².